The van der Waals surface area contributed by atoms with Gasteiger partial charge in [0.2, 0.25) is 0 Å². The average molecular weight is 256 g/mol. The molecule has 0 aromatic heterocycles. The van der Waals surface area contributed by atoms with Crippen molar-refractivity contribution in [2.45, 2.75) is 32.2 Å². The second-order valence-corrected chi connectivity index (χ2v) is 4.17. The van der Waals surface area contributed by atoms with Gasteiger partial charge in [-0.1, -0.05) is 13.8 Å². The van der Waals surface area contributed by atoms with Crippen LogP contribution >= 0.6 is 0 Å². The van der Waals surface area contributed by atoms with E-state index in [1.54, 1.807) is 24.3 Å². The molecule has 2 N–H and O–H groups in total. The van der Waals surface area contributed by atoms with E-state index in [9.17, 15) is 4.79 Å². The Bertz CT molecular complexity index is 518. The number of nitriles is 2. The van der Waals surface area contributed by atoms with Crippen molar-refractivity contribution in [1.29, 1.82) is 10.5 Å². The number of carbonyl (C=O) groups excluding carboxylic acids is 1. The quantitative estimate of drug-likeness (QED) is 0.868. The molecule has 19 heavy (non-hydrogen) atoms. The van der Waals surface area contributed by atoms with Crippen molar-refractivity contribution in [2.24, 2.45) is 0 Å². The molecule has 5 nitrogen and oxygen atoms in total. The maximum Gasteiger partial charge on any atom is 0.320 e. The smallest absolute Gasteiger partial charge is 0.319 e. The summed E-state index contributed by atoms with van der Waals surface area (Å²) in [6.45, 7) is 3.71. The summed E-state index contributed by atoms with van der Waals surface area (Å²) in [6, 6.07) is 10.2. The number of nitrogens with zero attached hydrogens (tertiary/aromatic N) is 2. The minimum atomic E-state index is -0.837. The zero-order valence-electron chi connectivity index (χ0n) is 11.0. The number of amides is 2. The molecule has 2 amide bonds. The molecule has 1 aromatic carbocycles. The van der Waals surface area contributed by atoms with Gasteiger partial charge in [0.25, 0.3) is 0 Å². The Morgan fingerprint density at radius 2 is 1.79 bits per heavy atom. The monoisotopic (exact) mass is 256 g/mol. The number of anilines is 1. The van der Waals surface area contributed by atoms with Gasteiger partial charge in [0.05, 0.1) is 17.7 Å². The molecular formula is C14H16N4O. The van der Waals surface area contributed by atoms with Crippen molar-refractivity contribution < 1.29 is 4.79 Å². The van der Waals surface area contributed by atoms with Crippen molar-refractivity contribution in [1.82, 2.24) is 5.32 Å². The lowest BCUT2D eigenvalue weighted by molar-refractivity contribution is 0.242. The number of rotatable bonds is 4. The third kappa shape index (κ3) is 3.72. The van der Waals surface area contributed by atoms with Crippen molar-refractivity contribution >= 4 is 11.7 Å². The molecule has 0 fully saturated rings. The van der Waals surface area contributed by atoms with E-state index >= 15 is 0 Å². The zero-order valence-corrected chi connectivity index (χ0v) is 11.0. The van der Waals surface area contributed by atoms with Crippen LogP contribution in [0.25, 0.3) is 0 Å². The standard InChI is InChI=1S/C14H16N4O/c1-3-14(4-2,10-16)18-13(19)17-12-7-5-11(9-15)6-8-12/h5-8H,3-4H2,1-2H3,(H2,17,18,19). The molecule has 0 aliphatic carbocycles. The Morgan fingerprint density at radius 1 is 1.21 bits per heavy atom. The summed E-state index contributed by atoms with van der Waals surface area (Å²) < 4.78 is 0. The van der Waals surface area contributed by atoms with E-state index in [4.69, 9.17) is 10.5 Å². The molecule has 0 bridgehead atoms. The molecule has 0 radical (unpaired) electrons. The third-order valence-electron chi connectivity index (χ3n) is 3.05. The molecule has 0 unspecified atom stereocenters. The number of hydrogen-bond acceptors (Lipinski definition) is 3. The van der Waals surface area contributed by atoms with E-state index in [2.05, 4.69) is 16.7 Å². The van der Waals surface area contributed by atoms with Crippen LogP contribution in [-0.2, 0) is 0 Å². The summed E-state index contributed by atoms with van der Waals surface area (Å²) in [5.41, 5.74) is 0.270. The molecule has 0 heterocycles. The summed E-state index contributed by atoms with van der Waals surface area (Å²) in [4.78, 5) is 11.8. The minimum absolute atomic E-state index is 0.421. The fraction of sp³-hybridized carbons (Fsp3) is 0.357. The first-order chi connectivity index (χ1) is 9.09. The molecule has 98 valence electrons. The molecule has 0 spiro atoms. The normalized spacial score (nSPS) is 10.1. The Labute approximate surface area is 112 Å². The lowest BCUT2D eigenvalue weighted by Gasteiger charge is -2.24. The van der Waals surface area contributed by atoms with Crippen LogP contribution in [0.2, 0.25) is 0 Å². The molecule has 5 heteroatoms. The van der Waals surface area contributed by atoms with Crippen LogP contribution in [-0.4, -0.2) is 11.6 Å². The molecule has 0 saturated heterocycles. The topological polar surface area (TPSA) is 88.7 Å². The van der Waals surface area contributed by atoms with Gasteiger partial charge in [-0.15, -0.1) is 0 Å². The van der Waals surface area contributed by atoms with Crippen molar-refractivity contribution in [3.05, 3.63) is 29.8 Å². The highest BCUT2D eigenvalue weighted by Gasteiger charge is 2.27. The van der Waals surface area contributed by atoms with Crippen LogP contribution in [0.15, 0.2) is 24.3 Å². The molecule has 1 aromatic rings. The molecule has 0 aliphatic rings. The number of hydrogen-bond donors (Lipinski definition) is 2. The Kier molecular flexibility index (Phi) is 4.91. The predicted molar refractivity (Wildman–Crippen MR) is 72.2 cm³/mol. The predicted octanol–water partition coefficient (Wildman–Crippen LogP) is 2.76. The third-order valence-corrected chi connectivity index (χ3v) is 3.05. The van der Waals surface area contributed by atoms with Crippen molar-refractivity contribution in [3.63, 3.8) is 0 Å². The fourth-order valence-electron chi connectivity index (χ4n) is 1.62. The first kappa shape index (κ1) is 14.5. The van der Waals surface area contributed by atoms with Crippen LogP contribution in [0.5, 0.6) is 0 Å². The Hall–Kier alpha value is -2.53. The molecule has 0 saturated carbocycles. The van der Waals surface area contributed by atoms with Gasteiger partial charge in [-0.25, -0.2) is 4.79 Å². The van der Waals surface area contributed by atoms with E-state index in [0.717, 1.165) is 0 Å². The largest absolute Gasteiger partial charge is 0.320 e. The van der Waals surface area contributed by atoms with Crippen molar-refractivity contribution in [2.75, 3.05) is 5.32 Å². The minimum Gasteiger partial charge on any atom is -0.319 e. The average Bonchev–Trinajstić information content (AvgIpc) is 2.46. The number of nitrogens with one attached hydrogen (secondary N) is 2. The molecule has 0 aliphatic heterocycles. The fourth-order valence-corrected chi connectivity index (χ4v) is 1.62. The summed E-state index contributed by atoms with van der Waals surface area (Å²) in [7, 11) is 0. The molecule has 1 rings (SSSR count). The van der Waals surface area contributed by atoms with Gasteiger partial charge >= 0.3 is 6.03 Å². The van der Waals surface area contributed by atoms with Gasteiger partial charge in [-0.3, -0.25) is 0 Å². The van der Waals surface area contributed by atoms with Crippen LogP contribution in [0.4, 0.5) is 10.5 Å². The first-order valence-electron chi connectivity index (χ1n) is 6.09. The summed E-state index contributed by atoms with van der Waals surface area (Å²) >= 11 is 0. The Balaban J connectivity index is 2.70. The lowest BCUT2D eigenvalue weighted by atomic mass is 9.95. The summed E-state index contributed by atoms with van der Waals surface area (Å²) in [5.74, 6) is 0. The highest BCUT2D eigenvalue weighted by molar-refractivity contribution is 5.90. The van der Waals surface area contributed by atoms with Gasteiger partial charge in [0.1, 0.15) is 5.54 Å². The van der Waals surface area contributed by atoms with Gasteiger partial charge in [-0.05, 0) is 37.1 Å². The maximum absolute atomic E-state index is 11.8. The van der Waals surface area contributed by atoms with E-state index in [1.165, 1.54) is 0 Å². The van der Waals surface area contributed by atoms with E-state index in [0.29, 0.717) is 24.1 Å². The van der Waals surface area contributed by atoms with E-state index < -0.39 is 11.6 Å². The number of benzene rings is 1. The summed E-state index contributed by atoms with van der Waals surface area (Å²) in [6.07, 6.45) is 1.08. The maximum atomic E-state index is 11.8. The Morgan fingerprint density at radius 3 is 2.21 bits per heavy atom. The van der Waals surface area contributed by atoms with E-state index in [1.807, 2.05) is 19.9 Å². The lowest BCUT2D eigenvalue weighted by Crippen LogP contribution is -2.48. The van der Waals surface area contributed by atoms with E-state index in [-0.39, 0.29) is 0 Å². The SMILES string of the molecule is CCC(C#N)(CC)NC(=O)Nc1ccc(C#N)cc1. The summed E-state index contributed by atoms with van der Waals surface area (Å²) in [5, 5.41) is 23.1. The van der Waals surface area contributed by atoms with Gasteiger partial charge < -0.3 is 10.6 Å². The number of urea groups is 1. The highest BCUT2D eigenvalue weighted by atomic mass is 16.2. The van der Waals surface area contributed by atoms with Gasteiger partial charge in [0, 0.05) is 5.69 Å². The van der Waals surface area contributed by atoms with Crippen LogP contribution in [0.3, 0.4) is 0 Å². The van der Waals surface area contributed by atoms with Gasteiger partial charge in [-0.2, -0.15) is 10.5 Å². The van der Waals surface area contributed by atoms with Crippen LogP contribution < -0.4 is 10.6 Å². The first-order valence-corrected chi connectivity index (χ1v) is 6.09. The highest BCUT2D eigenvalue weighted by Crippen LogP contribution is 2.14. The number of carbonyl (C=O) groups is 1. The van der Waals surface area contributed by atoms with Crippen LogP contribution in [0, 0.1) is 22.7 Å². The second-order valence-electron chi connectivity index (χ2n) is 4.17. The molecule has 0 atom stereocenters. The van der Waals surface area contributed by atoms with Crippen molar-refractivity contribution in [3.8, 4) is 12.1 Å². The van der Waals surface area contributed by atoms with Gasteiger partial charge in [0.15, 0.2) is 0 Å². The van der Waals surface area contributed by atoms with Crippen LogP contribution in [0.1, 0.15) is 32.3 Å². The second kappa shape index (κ2) is 6.42. The molecular weight excluding hydrogens is 240 g/mol. The zero-order chi connectivity index (χ0) is 14.3.